The van der Waals surface area contributed by atoms with Gasteiger partial charge in [0.2, 0.25) is 10.0 Å². The monoisotopic (exact) mass is 322 g/mol. The van der Waals surface area contributed by atoms with Gasteiger partial charge in [-0.2, -0.15) is 4.31 Å². The zero-order chi connectivity index (χ0) is 15.9. The number of sulfonamides is 1. The van der Waals surface area contributed by atoms with E-state index in [0.29, 0.717) is 13.1 Å². The lowest BCUT2D eigenvalue weighted by molar-refractivity contribution is 0.177. The second kappa shape index (κ2) is 5.64. The third-order valence-electron chi connectivity index (χ3n) is 4.29. The van der Waals surface area contributed by atoms with E-state index in [-0.39, 0.29) is 0 Å². The molecule has 0 radical (unpaired) electrons. The Bertz CT molecular complexity index is 789. The molecule has 1 aromatic heterocycles. The predicted octanol–water partition coefficient (Wildman–Crippen LogP) is 0.959. The molecule has 1 aliphatic heterocycles. The molecule has 120 valence electrons. The number of fused-ring (bicyclic) bond motifs is 1. The van der Waals surface area contributed by atoms with Crippen LogP contribution in [0.1, 0.15) is 11.4 Å². The standard InChI is InChI=1S/C15H22N4O2S/c1-12-4-5-14-13(10-12)16-15(17(14)2)11-18-6-8-19(9-7-18)22(3,20)21/h4-5,10H,6-9,11H2,1-3H3. The number of aromatic nitrogens is 2. The number of nitrogens with zero attached hydrogens (tertiary/aromatic N) is 4. The molecule has 22 heavy (non-hydrogen) atoms. The summed E-state index contributed by atoms with van der Waals surface area (Å²) in [6.07, 6.45) is 1.27. The van der Waals surface area contributed by atoms with Gasteiger partial charge < -0.3 is 4.57 Å². The molecule has 0 saturated carbocycles. The highest BCUT2D eigenvalue weighted by Gasteiger charge is 2.24. The highest BCUT2D eigenvalue weighted by atomic mass is 32.2. The van der Waals surface area contributed by atoms with Crippen LogP contribution in [-0.4, -0.2) is 59.6 Å². The van der Waals surface area contributed by atoms with Crippen molar-refractivity contribution >= 4 is 21.1 Å². The summed E-state index contributed by atoms with van der Waals surface area (Å²) in [5.41, 5.74) is 3.36. The number of aryl methyl sites for hydroxylation is 2. The van der Waals surface area contributed by atoms with Crippen molar-refractivity contribution in [3.8, 4) is 0 Å². The molecule has 0 N–H and O–H groups in total. The number of hydrogen-bond donors (Lipinski definition) is 0. The smallest absolute Gasteiger partial charge is 0.211 e. The summed E-state index contributed by atoms with van der Waals surface area (Å²) in [6, 6.07) is 6.29. The van der Waals surface area contributed by atoms with E-state index in [1.54, 1.807) is 4.31 Å². The Morgan fingerprint density at radius 3 is 2.50 bits per heavy atom. The molecule has 7 heteroatoms. The summed E-state index contributed by atoms with van der Waals surface area (Å²) in [5.74, 6) is 1.02. The average Bonchev–Trinajstić information content (AvgIpc) is 2.74. The topological polar surface area (TPSA) is 58.4 Å². The van der Waals surface area contributed by atoms with E-state index in [0.717, 1.165) is 36.5 Å². The Morgan fingerprint density at radius 1 is 1.18 bits per heavy atom. The molecule has 1 aromatic carbocycles. The first-order valence-corrected chi connectivity index (χ1v) is 9.29. The Hall–Kier alpha value is -1.44. The molecule has 1 saturated heterocycles. The van der Waals surface area contributed by atoms with Gasteiger partial charge in [0.05, 0.1) is 23.8 Å². The molecule has 1 fully saturated rings. The summed E-state index contributed by atoms with van der Waals surface area (Å²) in [4.78, 5) is 6.98. The number of rotatable bonds is 3. The molecule has 6 nitrogen and oxygen atoms in total. The zero-order valence-electron chi connectivity index (χ0n) is 13.3. The minimum atomic E-state index is -3.07. The van der Waals surface area contributed by atoms with Crippen LogP contribution in [0.15, 0.2) is 18.2 Å². The van der Waals surface area contributed by atoms with E-state index in [9.17, 15) is 8.42 Å². The highest BCUT2D eigenvalue weighted by Crippen LogP contribution is 2.18. The number of hydrogen-bond acceptors (Lipinski definition) is 4. The van der Waals surface area contributed by atoms with Crippen LogP contribution >= 0.6 is 0 Å². The molecule has 3 rings (SSSR count). The first-order chi connectivity index (χ1) is 10.3. The molecule has 0 bridgehead atoms. The van der Waals surface area contributed by atoms with E-state index in [1.807, 2.05) is 7.05 Å². The molecule has 1 aliphatic rings. The summed E-state index contributed by atoms with van der Waals surface area (Å²) in [6.45, 7) is 5.43. The minimum absolute atomic E-state index is 0.557. The van der Waals surface area contributed by atoms with Gasteiger partial charge >= 0.3 is 0 Å². The van der Waals surface area contributed by atoms with Gasteiger partial charge in [0.25, 0.3) is 0 Å². The fraction of sp³-hybridized carbons (Fsp3) is 0.533. The lowest BCUT2D eigenvalue weighted by Gasteiger charge is -2.32. The van der Waals surface area contributed by atoms with E-state index in [4.69, 9.17) is 4.98 Å². The highest BCUT2D eigenvalue weighted by molar-refractivity contribution is 7.88. The van der Waals surface area contributed by atoms with Crippen LogP contribution in [0.3, 0.4) is 0 Å². The molecular formula is C15H22N4O2S. The van der Waals surface area contributed by atoms with Gasteiger partial charge in [-0.3, -0.25) is 4.90 Å². The van der Waals surface area contributed by atoms with Crippen molar-refractivity contribution in [2.45, 2.75) is 13.5 Å². The second-order valence-corrected chi connectivity index (χ2v) is 8.00. The first kappa shape index (κ1) is 15.5. The van der Waals surface area contributed by atoms with Crippen LogP contribution in [-0.2, 0) is 23.6 Å². The molecule has 0 amide bonds. The van der Waals surface area contributed by atoms with E-state index >= 15 is 0 Å². The molecule has 0 unspecified atom stereocenters. The largest absolute Gasteiger partial charge is 0.330 e. The Kier molecular flexibility index (Phi) is 3.96. The summed E-state index contributed by atoms with van der Waals surface area (Å²) >= 11 is 0. The molecule has 0 aliphatic carbocycles. The predicted molar refractivity (Wildman–Crippen MR) is 87.1 cm³/mol. The Labute approximate surface area is 131 Å². The van der Waals surface area contributed by atoms with Gasteiger partial charge in [0.1, 0.15) is 5.82 Å². The van der Waals surface area contributed by atoms with E-state index in [1.165, 1.54) is 11.8 Å². The zero-order valence-corrected chi connectivity index (χ0v) is 14.1. The van der Waals surface area contributed by atoms with Gasteiger partial charge in [-0.05, 0) is 24.6 Å². The summed E-state index contributed by atoms with van der Waals surface area (Å²) in [5, 5.41) is 0. The lowest BCUT2D eigenvalue weighted by atomic mass is 10.2. The maximum atomic E-state index is 11.5. The fourth-order valence-corrected chi connectivity index (χ4v) is 3.75. The van der Waals surface area contributed by atoms with Gasteiger partial charge in [-0.15, -0.1) is 0 Å². The minimum Gasteiger partial charge on any atom is -0.330 e. The maximum absolute atomic E-state index is 11.5. The van der Waals surface area contributed by atoms with Crippen LogP contribution in [0.5, 0.6) is 0 Å². The van der Waals surface area contributed by atoms with Crippen LogP contribution in [0.2, 0.25) is 0 Å². The van der Waals surface area contributed by atoms with Crippen LogP contribution in [0, 0.1) is 6.92 Å². The number of imidazole rings is 1. The third-order valence-corrected chi connectivity index (χ3v) is 5.60. The second-order valence-electron chi connectivity index (χ2n) is 6.02. The quantitative estimate of drug-likeness (QED) is 0.844. The molecule has 0 spiro atoms. The van der Waals surface area contributed by atoms with Gasteiger partial charge in [-0.25, -0.2) is 13.4 Å². The van der Waals surface area contributed by atoms with Crippen molar-refractivity contribution in [3.05, 3.63) is 29.6 Å². The van der Waals surface area contributed by atoms with Crippen molar-refractivity contribution in [2.24, 2.45) is 7.05 Å². The van der Waals surface area contributed by atoms with Crippen molar-refractivity contribution < 1.29 is 8.42 Å². The normalized spacial score (nSPS) is 18.1. The first-order valence-electron chi connectivity index (χ1n) is 7.44. The maximum Gasteiger partial charge on any atom is 0.211 e. The van der Waals surface area contributed by atoms with Crippen LogP contribution < -0.4 is 0 Å². The fourth-order valence-electron chi connectivity index (χ4n) is 2.92. The Morgan fingerprint density at radius 2 is 1.86 bits per heavy atom. The molecule has 2 aromatic rings. The average molecular weight is 322 g/mol. The van der Waals surface area contributed by atoms with Crippen molar-refractivity contribution in [1.29, 1.82) is 0 Å². The molecular weight excluding hydrogens is 300 g/mol. The third kappa shape index (κ3) is 3.02. The lowest BCUT2D eigenvalue weighted by Crippen LogP contribution is -2.48. The molecule has 2 heterocycles. The number of piperazine rings is 1. The molecule has 0 atom stereocenters. The van der Waals surface area contributed by atoms with Crippen molar-refractivity contribution in [2.75, 3.05) is 32.4 Å². The summed E-state index contributed by atoms with van der Waals surface area (Å²) in [7, 11) is -1.04. The van der Waals surface area contributed by atoms with Crippen molar-refractivity contribution in [1.82, 2.24) is 18.8 Å². The van der Waals surface area contributed by atoms with Gasteiger partial charge in [0.15, 0.2) is 0 Å². The van der Waals surface area contributed by atoms with E-state index < -0.39 is 10.0 Å². The summed E-state index contributed by atoms with van der Waals surface area (Å²) < 4.78 is 26.8. The van der Waals surface area contributed by atoms with Gasteiger partial charge in [-0.1, -0.05) is 6.07 Å². The Balaban J connectivity index is 1.73. The van der Waals surface area contributed by atoms with Gasteiger partial charge in [0, 0.05) is 33.2 Å². The van der Waals surface area contributed by atoms with Crippen LogP contribution in [0.25, 0.3) is 11.0 Å². The van der Waals surface area contributed by atoms with E-state index in [2.05, 4.69) is 34.6 Å². The number of benzene rings is 1. The van der Waals surface area contributed by atoms with Crippen molar-refractivity contribution in [3.63, 3.8) is 0 Å². The van der Waals surface area contributed by atoms with Crippen LogP contribution in [0.4, 0.5) is 0 Å². The SMILES string of the molecule is Cc1ccc2c(c1)nc(CN1CCN(S(C)(=O)=O)CC1)n2C.